The van der Waals surface area contributed by atoms with Gasteiger partial charge in [-0.15, -0.1) is 0 Å². The molecule has 2 rings (SSSR count). The second kappa shape index (κ2) is 10.1. The fraction of sp³-hybridized carbons (Fsp3) is 0.263. The van der Waals surface area contributed by atoms with Gasteiger partial charge in [-0.3, -0.25) is 9.10 Å². The van der Waals surface area contributed by atoms with Crippen LogP contribution in [0.2, 0.25) is 5.02 Å². The molecule has 0 fully saturated rings. The maximum absolute atomic E-state index is 13.0. The Kier molecular flexibility index (Phi) is 8.18. The molecule has 0 saturated heterocycles. The Morgan fingerprint density at radius 2 is 1.84 bits per heavy atom. The molecule has 1 amide bonds. The molecule has 2 aromatic carbocycles. The maximum Gasteiger partial charge on any atom is 0.416 e. The third-order valence-electron chi connectivity index (χ3n) is 4.09. The molecule has 0 aliphatic rings. The summed E-state index contributed by atoms with van der Waals surface area (Å²) in [4.78, 5) is 14.1. The topological polar surface area (TPSA) is 82.1 Å². The molecule has 0 aliphatic heterocycles. The van der Waals surface area contributed by atoms with Crippen LogP contribution < -0.4 is 14.6 Å². The van der Waals surface area contributed by atoms with E-state index in [4.69, 9.17) is 11.6 Å². The molecule has 2 aromatic rings. The Morgan fingerprint density at radius 1 is 1.19 bits per heavy atom. The molecule has 0 radical (unpaired) electrons. The quantitative estimate of drug-likeness (QED) is 0.412. The number of halogens is 5. The van der Waals surface area contributed by atoms with Crippen LogP contribution in [-0.2, 0) is 21.0 Å². The van der Waals surface area contributed by atoms with Crippen molar-refractivity contribution in [3.8, 4) is 0 Å². The highest BCUT2D eigenvalue weighted by atomic mass is 79.9. The van der Waals surface area contributed by atoms with Crippen LogP contribution in [0.4, 0.5) is 24.5 Å². The van der Waals surface area contributed by atoms with Gasteiger partial charge in [0.25, 0.3) is 5.91 Å². The van der Waals surface area contributed by atoms with E-state index in [1.807, 2.05) is 25.1 Å². The van der Waals surface area contributed by atoms with Crippen LogP contribution in [0.3, 0.4) is 0 Å². The monoisotopic (exact) mass is 554 g/mol. The zero-order valence-electron chi connectivity index (χ0n) is 17.1. The summed E-state index contributed by atoms with van der Waals surface area (Å²) in [6.07, 6.45) is -2.63. The van der Waals surface area contributed by atoms with Gasteiger partial charge in [-0.2, -0.15) is 18.3 Å². The lowest BCUT2D eigenvalue weighted by atomic mass is 10.2. The minimum absolute atomic E-state index is 0.259. The molecular formula is C19H19BrClF3N4O3S. The second-order valence-corrected chi connectivity index (χ2v) is 10.0. The van der Waals surface area contributed by atoms with E-state index in [1.54, 1.807) is 12.1 Å². The van der Waals surface area contributed by atoms with Crippen molar-refractivity contribution in [1.29, 1.82) is 0 Å². The lowest BCUT2D eigenvalue weighted by molar-refractivity contribution is -0.137. The van der Waals surface area contributed by atoms with Crippen LogP contribution in [0, 0.1) is 0 Å². The van der Waals surface area contributed by atoms with Crippen molar-refractivity contribution in [2.24, 2.45) is 5.10 Å². The summed E-state index contributed by atoms with van der Waals surface area (Å²) in [7, 11) is -0.389. The van der Waals surface area contributed by atoms with Gasteiger partial charge in [0.2, 0.25) is 10.0 Å². The number of carbonyl (C=O) groups is 1. The van der Waals surface area contributed by atoms with E-state index in [-0.39, 0.29) is 5.02 Å². The number of benzene rings is 2. The van der Waals surface area contributed by atoms with Gasteiger partial charge in [0.05, 0.1) is 34.4 Å². The molecule has 0 atom stereocenters. The smallest absolute Gasteiger partial charge is 0.377 e. The molecule has 0 heterocycles. The van der Waals surface area contributed by atoms with Crippen molar-refractivity contribution in [2.45, 2.75) is 6.18 Å². The number of alkyl halides is 3. The highest BCUT2D eigenvalue weighted by Crippen LogP contribution is 2.36. The number of rotatable bonds is 7. The first kappa shape index (κ1) is 25.9. The number of hydrogen-bond acceptors (Lipinski definition) is 5. The van der Waals surface area contributed by atoms with Crippen molar-refractivity contribution in [1.82, 2.24) is 5.43 Å². The summed E-state index contributed by atoms with van der Waals surface area (Å²) in [5, 5.41) is 3.51. The fourth-order valence-corrected chi connectivity index (χ4v) is 4.45. The first-order valence-corrected chi connectivity index (χ1v) is 11.9. The van der Waals surface area contributed by atoms with Crippen LogP contribution in [0.15, 0.2) is 46.0 Å². The van der Waals surface area contributed by atoms with Gasteiger partial charge in [-0.05, 0) is 51.8 Å². The maximum atomic E-state index is 13.0. The number of hydrazone groups is 1. The summed E-state index contributed by atoms with van der Waals surface area (Å²) in [6.45, 7) is -0.819. The fourth-order valence-electron chi connectivity index (χ4n) is 2.57. The Balaban J connectivity index is 2.20. The lowest BCUT2D eigenvalue weighted by Gasteiger charge is -2.23. The standard InChI is InChI=1S/C19H19BrClF3N4O3S/c1-27(2)16-7-4-12(8-14(16)20)10-25-26-18(29)11-28(32(3,30)31)17-9-13(19(22,23)24)5-6-15(17)21/h4-10H,11H2,1-3H3,(H,26,29)/b25-10+. The Morgan fingerprint density at radius 3 is 2.38 bits per heavy atom. The number of hydrogen-bond donors (Lipinski definition) is 1. The third kappa shape index (κ3) is 6.84. The van der Waals surface area contributed by atoms with Crippen molar-refractivity contribution in [2.75, 3.05) is 36.1 Å². The van der Waals surface area contributed by atoms with Crippen molar-refractivity contribution in [3.63, 3.8) is 0 Å². The zero-order chi connectivity index (χ0) is 24.3. The predicted octanol–water partition coefficient (Wildman–Crippen LogP) is 4.10. The number of nitrogens with zero attached hydrogens (tertiary/aromatic N) is 3. The average Bonchev–Trinajstić information content (AvgIpc) is 2.64. The molecule has 0 spiro atoms. The Bertz CT molecular complexity index is 1140. The number of amides is 1. The van der Waals surface area contributed by atoms with Gasteiger partial charge in [0.15, 0.2) is 0 Å². The molecule has 0 aromatic heterocycles. The highest BCUT2D eigenvalue weighted by Gasteiger charge is 2.33. The largest absolute Gasteiger partial charge is 0.416 e. The number of sulfonamides is 1. The van der Waals surface area contributed by atoms with Crippen LogP contribution in [0.5, 0.6) is 0 Å². The van der Waals surface area contributed by atoms with Crippen LogP contribution >= 0.6 is 27.5 Å². The van der Waals surface area contributed by atoms with E-state index in [0.29, 0.717) is 15.9 Å². The SMILES string of the molecule is CN(C)c1ccc(/C=N/NC(=O)CN(c2cc(C(F)(F)F)ccc2Cl)S(C)(=O)=O)cc1Br. The number of nitrogens with one attached hydrogen (secondary N) is 1. The molecule has 0 unspecified atom stereocenters. The van der Waals surface area contributed by atoms with Crippen LogP contribution in [-0.4, -0.2) is 47.4 Å². The van der Waals surface area contributed by atoms with E-state index in [1.165, 1.54) is 6.21 Å². The average molecular weight is 556 g/mol. The predicted molar refractivity (Wildman–Crippen MR) is 123 cm³/mol. The van der Waals surface area contributed by atoms with Crippen LogP contribution in [0.1, 0.15) is 11.1 Å². The minimum Gasteiger partial charge on any atom is -0.377 e. The van der Waals surface area contributed by atoms with Crippen molar-refractivity contribution < 1.29 is 26.4 Å². The van der Waals surface area contributed by atoms with E-state index >= 15 is 0 Å². The first-order valence-electron chi connectivity index (χ1n) is 8.83. The Labute approximate surface area is 197 Å². The number of carbonyl (C=O) groups excluding carboxylic acids is 1. The number of anilines is 2. The molecule has 0 bridgehead atoms. The molecule has 0 aliphatic carbocycles. The van der Waals surface area contributed by atoms with E-state index in [0.717, 1.165) is 28.5 Å². The van der Waals surface area contributed by atoms with E-state index in [2.05, 4.69) is 26.5 Å². The van der Waals surface area contributed by atoms with Gasteiger partial charge < -0.3 is 4.90 Å². The van der Waals surface area contributed by atoms with E-state index in [9.17, 15) is 26.4 Å². The zero-order valence-corrected chi connectivity index (χ0v) is 20.3. The summed E-state index contributed by atoms with van der Waals surface area (Å²) >= 11 is 9.34. The molecule has 32 heavy (non-hydrogen) atoms. The third-order valence-corrected chi connectivity index (χ3v) is 6.17. The second-order valence-electron chi connectivity index (χ2n) is 6.83. The summed E-state index contributed by atoms with van der Waals surface area (Å²) in [5.41, 5.74) is 2.16. The molecule has 0 saturated carbocycles. The summed E-state index contributed by atoms with van der Waals surface area (Å²) < 4.78 is 64.7. The first-order chi connectivity index (χ1) is 14.7. The lowest BCUT2D eigenvalue weighted by Crippen LogP contribution is -2.39. The summed E-state index contributed by atoms with van der Waals surface area (Å²) in [6, 6.07) is 7.55. The summed E-state index contributed by atoms with van der Waals surface area (Å²) in [5.74, 6) is -0.871. The van der Waals surface area contributed by atoms with Crippen LogP contribution in [0.25, 0.3) is 0 Å². The van der Waals surface area contributed by atoms with Crippen molar-refractivity contribution >= 4 is 61.1 Å². The van der Waals surface area contributed by atoms with Gasteiger partial charge in [-0.1, -0.05) is 17.7 Å². The van der Waals surface area contributed by atoms with Crippen molar-refractivity contribution in [3.05, 3.63) is 57.0 Å². The van der Waals surface area contributed by atoms with Gasteiger partial charge in [-0.25, -0.2) is 13.8 Å². The van der Waals surface area contributed by atoms with E-state index < -0.39 is 39.9 Å². The molecular weight excluding hydrogens is 537 g/mol. The van der Waals surface area contributed by atoms with Gasteiger partial charge in [0, 0.05) is 18.6 Å². The Hall–Kier alpha value is -2.31. The highest BCUT2D eigenvalue weighted by molar-refractivity contribution is 9.10. The molecule has 13 heteroatoms. The van der Waals surface area contributed by atoms with Gasteiger partial charge >= 0.3 is 6.18 Å². The molecule has 174 valence electrons. The minimum atomic E-state index is -4.72. The molecule has 7 nitrogen and oxygen atoms in total. The normalized spacial score (nSPS) is 12.1. The van der Waals surface area contributed by atoms with Gasteiger partial charge in [0.1, 0.15) is 6.54 Å². The molecule has 1 N–H and O–H groups in total.